The van der Waals surface area contributed by atoms with Gasteiger partial charge in [-0.1, -0.05) is 6.92 Å². The second kappa shape index (κ2) is 10.3. The number of carbonyl (C=O) groups is 1. The molecule has 0 aromatic heterocycles. The van der Waals surface area contributed by atoms with E-state index < -0.39 is 10.0 Å². The van der Waals surface area contributed by atoms with Crippen molar-refractivity contribution in [2.75, 3.05) is 19.6 Å². The zero-order valence-electron chi connectivity index (χ0n) is 15.7. The molecule has 26 heavy (non-hydrogen) atoms. The van der Waals surface area contributed by atoms with Crippen molar-refractivity contribution in [3.63, 3.8) is 0 Å². The highest BCUT2D eigenvalue weighted by Gasteiger charge is 2.26. The number of nitrogens with zero attached hydrogens (tertiary/aromatic N) is 1. The van der Waals surface area contributed by atoms with E-state index in [1.165, 1.54) is 12.1 Å². The average Bonchev–Trinajstić information content (AvgIpc) is 2.59. The Hall–Kier alpha value is -1.15. The molecule has 1 aromatic rings. The largest absolute Gasteiger partial charge is 0.336 e. The highest BCUT2D eigenvalue weighted by molar-refractivity contribution is 7.89. The molecule has 2 N–H and O–H groups in total. The molecule has 1 aromatic carbocycles. The van der Waals surface area contributed by atoms with Crippen molar-refractivity contribution < 1.29 is 13.2 Å². The lowest BCUT2D eigenvalue weighted by atomic mass is 10.0. The van der Waals surface area contributed by atoms with Crippen LogP contribution in [0.3, 0.4) is 0 Å². The molecular weight excluding hydrogens is 374 g/mol. The van der Waals surface area contributed by atoms with Gasteiger partial charge >= 0.3 is 0 Å². The van der Waals surface area contributed by atoms with Crippen molar-refractivity contribution in [2.45, 2.75) is 57.0 Å². The summed E-state index contributed by atoms with van der Waals surface area (Å²) in [6.07, 6.45) is 2.81. The number of sulfonamides is 1. The van der Waals surface area contributed by atoms with Crippen molar-refractivity contribution in [2.24, 2.45) is 0 Å². The van der Waals surface area contributed by atoms with Crippen molar-refractivity contribution in [3.05, 3.63) is 29.8 Å². The van der Waals surface area contributed by atoms with E-state index in [1.807, 2.05) is 4.90 Å². The van der Waals surface area contributed by atoms with E-state index in [2.05, 4.69) is 17.0 Å². The summed E-state index contributed by atoms with van der Waals surface area (Å²) in [5.74, 6) is -0.0190. The van der Waals surface area contributed by atoms with Crippen LogP contribution in [0.1, 0.15) is 50.4 Å². The Bertz CT molecular complexity index is 671. The Kier molecular flexibility index (Phi) is 9.03. The number of amides is 1. The van der Waals surface area contributed by atoms with Crippen LogP contribution in [0, 0.1) is 0 Å². The van der Waals surface area contributed by atoms with Gasteiger partial charge in [-0.05, 0) is 70.5 Å². The van der Waals surface area contributed by atoms with Gasteiger partial charge in [0.1, 0.15) is 0 Å². The number of nitrogens with one attached hydrogen (secondary N) is 2. The first kappa shape index (κ1) is 22.9. The first-order chi connectivity index (χ1) is 11.8. The Morgan fingerprint density at radius 1 is 1.23 bits per heavy atom. The molecule has 1 aliphatic heterocycles. The zero-order chi connectivity index (χ0) is 18.4. The number of hydrogen-bond donors (Lipinski definition) is 2. The van der Waals surface area contributed by atoms with Crippen LogP contribution < -0.4 is 10.0 Å². The quantitative estimate of drug-likeness (QED) is 0.732. The fourth-order valence-electron chi connectivity index (χ4n) is 3.13. The maximum atomic E-state index is 12.9. The molecule has 1 heterocycles. The molecule has 0 radical (unpaired) electrons. The molecule has 0 atom stereocenters. The smallest absolute Gasteiger partial charge is 0.254 e. The van der Waals surface area contributed by atoms with E-state index in [0.717, 1.165) is 38.9 Å². The number of carbonyl (C=O) groups excluding carboxylic acids is 1. The van der Waals surface area contributed by atoms with Crippen LogP contribution in [0.2, 0.25) is 0 Å². The highest BCUT2D eigenvalue weighted by Crippen LogP contribution is 2.18. The average molecular weight is 404 g/mol. The van der Waals surface area contributed by atoms with Gasteiger partial charge in [-0.3, -0.25) is 4.79 Å². The minimum Gasteiger partial charge on any atom is -0.336 e. The number of benzene rings is 1. The first-order valence-corrected chi connectivity index (χ1v) is 10.5. The van der Waals surface area contributed by atoms with Crippen molar-refractivity contribution in [3.8, 4) is 0 Å². The standard InChI is InChI=1S/C18H29N3O3S.ClH/c1-4-13-21(16-9-11-19-12-10-16)18(22)15-5-7-17(8-6-15)25(23,24)20-14(2)3;/h5-8,14,16,19-20H,4,9-13H2,1-3H3;1H. The Labute approximate surface area is 163 Å². The fraction of sp³-hybridized carbons (Fsp3) is 0.611. The molecule has 0 aliphatic carbocycles. The van der Waals surface area contributed by atoms with Crippen LogP contribution in [-0.2, 0) is 10.0 Å². The number of halogens is 1. The molecule has 2 rings (SSSR count). The van der Waals surface area contributed by atoms with Crippen LogP contribution in [0.4, 0.5) is 0 Å². The Morgan fingerprint density at radius 3 is 2.31 bits per heavy atom. The predicted molar refractivity (Wildman–Crippen MR) is 106 cm³/mol. The number of hydrogen-bond acceptors (Lipinski definition) is 4. The van der Waals surface area contributed by atoms with Gasteiger partial charge in [0.15, 0.2) is 0 Å². The summed E-state index contributed by atoms with van der Waals surface area (Å²) in [4.78, 5) is 15.0. The third-order valence-corrected chi connectivity index (χ3v) is 5.95. The van der Waals surface area contributed by atoms with Gasteiger partial charge < -0.3 is 10.2 Å². The predicted octanol–water partition coefficient (Wildman–Crippen LogP) is 2.40. The minimum absolute atomic E-state index is 0. The highest BCUT2D eigenvalue weighted by atomic mass is 35.5. The van der Waals surface area contributed by atoms with E-state index in [1.54, 1.807) is 26.0 Å². The molecule has 1 fully saturated rings. The fourth-order valence-corrected chi connectivity index (χ4v) is 4.38. The van der Waals surface area contributed by atoms with E-state index in [4.69, 9.17) is 0 Å². The second-order valence-corrected chi connectivity index (χ2v) is 8.49. The summed E-state index contributed by atoms with van der Waals surface area (Å²) in [5.41, 5.74) is 0.537. The maximum absolute atomic E-state index is 12.9. The lowest BCUT2D eigenvalue weighted by Gasteiger charge is -2.34. The van der Waals surface area contributed by atoms with Crippen molar-refractivity contribution >= 4 is 28.3 Å². The number of rotatable bonds is 7. The van der Waals surface area contributed by atoms with E-state index in [-0.39, 0.29) is 35.3 Å². The molecule has 0 saturated carbocycles. The summed E-state index contributed by atoms with van der Waals surface area (Å²) in [6.45, 7) is 8.19. The monoisotopic (exact) mass is 403 g/mol. The SMILES string of the molecule is CCCN(C(=O)c1ccc(S(=O)(=O)NC(C)C)cc1)C1CCNCC1.Cl. The van der Waals surface area contributed by atoms with Gasteiger partial charge in [-0.15, -0.1) is 12.4 Å². The molecule has 0 bridgehead atoms. The van der Waals surface area contributed by atoms with Gasteiger partial charge in [0.05, 0.1) is 4.90 Å². The lowest BCUT2D eigenvalue weighted by Crippen LogP contribution is -2.46. The van der Waals surface area contributed by atoms with Gasteiger partial charge in [-0.2, -0.15) is 0 Å². The maximum Gasteiger partial charge on any atom is 0.254 e. The third-order valence-electron chi connectivity index (χ3n) is 4.28. The van der Waals surface area contributed by atoms with Crippen LogP contribution in [0.5, 0.6) is 0 Å². The summed E-state index contributed by atoms with van der Waals surface area (Å²) in [5, 5.41) is 3.32. The molecule has 6 nitrogen and oxygen atoms in total. The third kappa shape index (κ3) is 5.94. The van der Waals surface area contributed by atoms with Crippen molar-refractivity contribution in [1.82, 2.24) is 14.9 Å². The number of piperidine rings is 1. The van der Waals surface area contributed by atoms with Crippen LogP contribution in [-0.4, -0.2) is 50.9 Å². The second-order valence-electron chi connectivity index (χ2n) is 6.78. The van der Waals surface area contributed by atoms with Crippen LogP contribution >= 0.6 is 12.4 Å². The van der Waals surface area contributed by atoms with Gasteiger partial charge in [0.25, 0.3) is 5.91 Å². The minimum atomic E-state index is -3.54. The molecule has 1 amide bonds. The topological polar surface area (TPSA) is 78.5 Å². The lowest BCUT2D eigenvalue weighted by molar-refractivity contribution is 0.0642. The van der Waals surface area contributed by atoms with Gasteiger partial charge in [-0.25, -0.2) is 13.1 Å². The normalized spacial score (nSPS) is 15.5. The summed E-state index contributed by atoms with van der Waals surface area (Å²) < 4.78 is 26.9. The molecule has 0 spiro atoms. The van der Waals surface area contributed by atoms with Gasteiger partial charge in [0.2, 0.25) is 10.0 Å². The molecular formula is C18H30ClN3O3S. The van der Waals surface area contributed by atoms with E-state index in [9.17, 15) is 13.2 Å². The van der Waals surface area contributed by atoms with Crippen molar-refractivity contribution in [1.29, 1.82) is 0 Å². The van der Waals surface area contributed by atoms with E-state index in [0.29, 0.717) is 5.56 Å². The molecule has 1 aliphatic rings. The molecule has 148 valence electrons. The summed E-state index contributed by atoms with van der Waals surface area (Å²) in [7, 11) is -3.54. The molecule has 1 saturated heterocycles. The first-order valence-electron chi connectivity index (χ1n) is 8.99. The Balaban J connectivity index is 0.00000338. The Morgan fingerprint density at radius 2 is 1.81 bits per heavy atom. The van der Waals surface area contributed by atoms with Crippen LogP contribution in [0.25, 0.3) is 0 Å². The van der Waals surface area contributed by atoms with Crippen LogP contribution in [0.15, 0.2) is 29.2 Å². The van der Waals surface area contributed by atoms with Gasteiger partial charge in [0, 0.05) is 24.2 Å². The molecule has 8 heteroatoms. The van der Waals surface area contributed by atoms with E-state index >= 15 is 0 Å². The zero-order valence-corrected chi connectivity index (χ0v) is 17.3. The summed E-state index contributed by atoms with van der Waals surface area (Å²) >= 11 is 0. The summed E-state index contributed by atoms with van der Waals surface area (Å²) in [6, 6.07) is 6.31. The molecule has 0 unspecified atom stereocenters.